The molecule has 0 radical (unpaired) electrons. The number of benzene rings is 1. The first kappa shape index (κ1) is 14.5. The van der Waals surface area contributed by atoms with E-state index < -0.39 is 0 Å². The van der Waals surface area contributed by atoms with Gasteiger partial charge in [-0.15, -0.1) is 0 Å². The Hall–Kier alpha value is -1.48. The van der Waals surface area contributed by atoms with Crippen molar-refractivity contribution in [1.29, 1.82) is 0 Å². The van der Waals surface area contributed by atoms with Gasteiger partial charge in [0, 0.05) is 17.4 Å². The highest BCUT2D eigenvalue weighted by atomic mass is 16.5. The average Bonchev–Trinajstić information content (AvgIpc) is 2.98. The monoisotopic (exact) mass is 287 g/mol. The third-order valence-electron chi connectivity index (χ3n) is 4.13. The standard InChI is InChI=1S/C18H25NO2/c1-5-9-19-14(6-2)15-10-12-7-8-13-11-18(3,4)21-17(13)16(12)20-15/h7-8,10,14,19H,5-6,9,11H2,1-4H3. The van der Waals surface area contributed by atoms with Crippen LogP contribution in [0.4, 0.5) is 0 Å². The lowest BCUT2D eigenvalue weighted by Crippen LogP contribution is -2.24. The van der Waals surface area contributed by atoms with E-state index in [0.29, 0.717) is 0 Å². The fourth-order valence-electron chi connectivity index (χ4n) is 3.10. The van der Waals surface area contributed by atoms with Crippen LogP contribution in [0.5, 0.6) is 5.75 Å². The van der Waals surface area contributed by atoms with Crippen LogP contribution >= 0.6 is 0 Å². The predicted molar refractivity (Wildman–Crippen MR) is 86.0 cm³/mol. The van der Waals surface area contributed by atoms with Gasteiger partial charge in [-0.05, 0) is 39.3 Å². The Morgan fingerprint density at radius 3 is 2.81 bits per heavy atom. The molecule has 114 valence electrons. The van der Waals surface area contributed by atoms with E-state index >= 15 is 0 Å². The molecule has 0 saturated carbocycles. The van der Waals surface area contributed by atoms with E-state index in [1.165, 1.54) is 5.56 Å². The number of nitrogens with one attached hydrogen (secondary N) is 1. The molecule has 2 heterocycles. The highest BCUT2D eigenvalue weighted by molar-refractivity contribution is 5.86. The molecule has 2 aromatic rings. The topological polar surface area (TPSA) is 34.4 Å². The van der Waals surface area contributed by atoms with Crippen LogP contribution in [0.1, 0.15) is 57.9 Å². The van der Waals surface area contributed by atoms with Gasteiger partial charge in [0.25, 0.3) is 0 Å². The van der Waals surface area contributed by atoms with Crippen molar-refractivity contribution >= 4 is 11.0 Å². The Morgan fingerprint density at radius 1 is 1.29 bits per heavy atom. The minimum absolute atomic E-state index is 0.131. The molecule has 1 atom stereocenters. The minimum Gasteiger partial charge on any atom is -0.483 e. The number of fused-ring (bicyclic) bond motifs is 3. The summed E-state index contributed by atoms with van der Waals surface area (Å²) in [4.78, 5) is 0. The zero-order valence-corrected chi connectivity index (χ0v) is 13.5. The third-order valence-corrected chi connectivity index (χ3v) is 4.13. The molecule has 0 fully saturated rings. The maximum absolute atomic E-state index is 6.17. The van der Waals surface area contributed by atoms with E-state index in [-0.39, 0.29) is 11.6 Å². The maximum atomic E-state index is 6.17. The van der Waals surface area contributed by atoms with Crippen LogP contribution in [0, 0.1) is 0 Å². The Kier molecular flexibility index (Phi) is 3.70. The average molecular weight is 287 g/mol. The zero-order chi connectivity index (χ0) is 15.0. The predicted octanol–water partition coefficient (Wildman–Crippen LogP) is 4.60. The molecule has 1 aromatic carbocycles. The van der Waals surface area contributed by atoms with Crippen LogP contribution in [-0.4, -0.2) is 12.1 Å². The van der Waals surface area contributed by atoms with Crippen molar-refractivity contribution in [2.24, 2.45) is 0 Å². The summed E-state index contributed by atoms with van der Waals surface area (Å²) >= 11 is 0. The van der Waals surface area contributed by atoms with Crippen LogP contribution in [0.15, 0.2) is 22.6 Å². The molecule has 3 nitrogen and oxygen atoms in total. The van der Waals surface area contributed by atoms with Gasteiger partial charge in [-0.3, -0.25) is 0 Å². The molecule has 0 bridgehead atoms. The van der Waals surface area contributed by atoms with Gasteiger partial charge in [0.15, 0.2) is 11.3 Å². The van der Waals surface area contributed by atoms with Crippen molar-refractivity contribution < 1.29 is 9.15 Å². The van der Waals surface area contributed by atoms with E-state index in [4.69, 9.17) is 9.15 Å². The molecule has 0 amide bonds. The van der Waals surface area contributed by atoms with Crippen molar-refractivity contribution in [3.63, 3.8) is 0 Å². The van der Waals surface area contributed by atoms with Crippen LogP contribution in [-0.2, 0) is 6.42 Å². The van der Waals surface area contributed by atoms with Gasteiger partial charge in [-0.1, -0.05) is 26.0 Å². The SMILES string of the molecule is CCCNC(CC)c1cc2ccc3c(c2o1)OC(C)(C)C3. The van der Waals surface area contributed by atoms with Gasteiger partial charge in [0.1, 0.15) is 11.4 Å². The van der Waals surface area contributed by atoms with Crippen LogP contribution in [0.25, 0.3) is 11.0 Å². The summed E-state index contributed by atoms with van der Waals surface area (Å²) in [6, 6.07) is 6.76. The number of ether oxygens (including phenoxy) is 1. The van der Waals surface area contributed by atoms with Crippen LogP contribution < -0.4 is 10.1 Å². The fraction of sp³-hybridized carbons (Fsp3) is 0.556. The highest BCUT2D eigenvalue weighted by Gasteiger charge is 2.32. The van der Waals surface area contributed by atoms with Gasteiger partial charge in [-0.25, -0.2) is 0 Å². The molecule has 0 saturated heterocycles. The first-order valence-corrected chi connectivity index (χ1v) is 8.02. The van der Waals surface area contributed by atoms with Crippen molar-refractivity contribution in [2.45, 2.75) is 58.6 Å². The normalized spacial score (nSPS) is 17.7. The van der Waals surface area contributed by atoms with Gasteiger partial charge >= 0.3 is 0 Å². The lowest BCUT2D eigenvalue weighted by Gasteiger charge is -2.17. The van der Waals surface area contributed by atoms with Crippen LogP contribution in [0.2, 0.25) is 0 Å². The van der Waals surface area contributed by atoms with Crippen molar-refractivity contribution in [1.82, 2.24) is 5.32 Å². The second kappa shape index (κ2) is 5.38. The van der Waals surface area contributed by atoms with E-state index in [2.05, 4.69) is 51.2 Å². The molecule has 21 heavy (non-hydrogen) atoms. The van der Waals surface area contributed by atoms with Crippen LogP contribution in [0.3, 0.4) is 0 Å². The third kappa shape index (κ3) is 2.67. The first-order valence-electron chi connectivity index (χ1n) is 8.02. The molecule has 3 rings (SSSR count). The van der Waals surface area contributed by atoms with Gasteiger partial charge in [-0.2, -0.15) is 0 Å². The summed E-state index contributed by atoms with van der Waals surface area (Å²) in [7, 11) is 0. The number of hydrogen-bond donors (Lipinski definition) is 1. The quantitative estimate of drug-likeness (QED) is 0.873. The Balaban J connectivity index is 1.98. The van der Waals surface area contributed by atoms with Gasteiger partial charge in [0.05, 0.1) is 6.04 Å². The molecule has 1 unspecified atom stereocenters. The van der Waals surface area contributed by atoms with Gasteiger partial charge < -0.3 is 14.5 Å². The number of hydrogen-bond acceptors (Lipinski definition) is 3. The summed E-state index contributed by atoms with van der Waals surface area (Å²) in [5.74, 6) is 1.96. The lowest BCUT2D eigenvalue weighted by atomic mass is 10.0. The molecule has 0 aliphatic carbocycles. The molecular formula is C18H25NO2. The summed E-state index contributed by atoms with van der Waals surface area (Å²) in [6.45, 7) is 9.63. The molecular weight excluding hydrogens is 262 g/mol. The number of furan rings is 1. The molecule has 1 aliphatic heterocycles. The molecule has 0 spiro atoms. The largest absolute Gasteiger partial charge is 0.483 e. The molecule has 1 aliphatic rings. The number of rotatable bonds is 5. The lowest BCUT2D eigenvalue weighted by molar-refractivity contribution is 0.138. The zero-order valence-electron chi connectivity index (χ0n) is 13.5. The van der Waals surface area contributed by atoms with Crippen molar-refractivity contribution in [3.05, 3.63) is 29.5 Å². The van der Waals surface area contributed by atoms with E-state index in [0.717, 1.165) is 48.3 Å². The van der Waals surface area contributed by atoms with Crippen molar-refractivity contribution in [2.75, 3.05) is 6.54 Å². The molecule has 3 heteroatoms. The van der Waals surface area contributed by atoms with E-state index in [1.807, 2.05) is 0 Å². The minimum atomic E-state index is -0.131. The maximum Gasteiger partial charge on any atom is 0.176 e. The first-order chi connectivity index (χ1) is 10.0. The summed E-state index contributed by atoms with van der Waals surface area (Å²) in [5.41, 5.74) is 2.03. The fourth-order valence-corrected chi connectivity index (χ4v) is 3.10. The second-order valence-electron chi connectivity index (χ2n) is 6.57. The summed E-state index contributed by atoms with van der Waals surface area (Å²) in [6.07, 6.45) is 3.09. The Bertz CT molecular complexity index is 642. The molecule has 1 aromatic heterocycles. The molecule has 1 N–H and O–H groups in total. The summed E-state index contributed by atoms with van der Waals surface area (Å²) in [5, 5.41) is 4.68. The smallest absolute Gasteiger partial charge is 0.176 e. The Labute approximate surface area is 126 Å². The second-order valence-corrected chi connectivity index (χ2v) is 6.57. The van der Waals surface area contributed by atoms with Gasteiger partial charge in [0.2, 0.25) is 0 Å². The van der Waals surface area contributed by atoms with E-state index in [9.17, 15) is 0 Å². The Morgan fingerprint density at radius 2 is 2.10 bits per heavy atom. The van der Waals surface area contributed by atoms with Crippen molar-refractivity contribution in [3.8, 4) is 5.75 Å². The highest BCUT2D eigenvalue weighted by Crippen LogP contribution is 2.42. The summed E-state index contributed by atoms with van der Waals surface area (Å²) < 4.78 is 12.3. The van der Waals surface area contributed by atoms with E-state index in [1.54, 1.807) is 0 Å².